The second kappa shape index (κ2) is 7.23. The number of nitrogens with one attached hydrogen (secondary N) is 2. The number of fused-ring (bicyclic) bond motifs is 1. The van der Waals surface area contributed by atoms with Crippen LogP contribution in [0.2, 0.25) is 5.02 Å². The van der Waals surface area contributed by atoms with Gasteiger partial charge in [0.2, 0.25) is 10.0 Å². The summed E-state index contributed by atoms with van der Waals surface area (Å²) in [6.07, 6.45) is 0.290. The van der Waals surface area contributed by atoms with Crippen molar-refractivity contribution in [2.75, 3.05) is 6.54 Å². The molecular weight excluding hydrogens is 372 g/mol. The van der Waals surface area contributed by atoms with Gasteiger partial charge in [-0.15, -0.1) is 0 Å². The average Bonchev–Trinajstić information content (AvgIpc) is 2.55. The highest BCUT2D eigenvalue weighted by molar-refractivity contribution is 7.89. The van der Waals surface area contributed by atoms with Crippen molar-refractivity contribution in [3.05, 3.63) is 74.5 Å². The van der Waals surface area contributed by atoms with E-state index < -0.39 is 10.0 Å². The molecule has 0 aliphatic heterocycles. The molecule has 0 atom stereocenters. The van der Waals surface area contributed by atoms with E-state index in [1.807, 2.05) is 32.0 Å². The fourth-order valence-electron chi connectivity index (χ4n) is 2.94. The summed E-state index contributed by atoms with van der Waals surface area (Å²) in [5.41, 5.74) is 3.27. The van der Waals surface area contributed by atoms with E-state index in [2.05, 4.69) is 9.71 Å². The monoisotopic (exact) mass is 390 g/mol. The Bertz CT molecular complexity index is 1140. The molecule has 0 saturated heterocycles. The van der Waals surface area contributed by atoms with Crippen LogP contribution >= 0.6 is 11.6 Å². The number of sulfonamides is 1. The molecular formula is C19H19ClN2O3S. The lowest BCUT2D eigenvalue weighted by molar-refractivity contribution is 0.581. The number of benzene rings is 2. The summed E-state index contributed by atoms with van der Waals surface area (Å²) in [4.78, 5) is 15.3. The molecule has 1 aromatic heterocycles. The molecule has 0 unspecified atom stereocenters. The number of halogens is 1. The second-order valence-corrected chi connectivity index (χ2v) is 8.48. The van der Waals surface area contributed by atoms with Gasteiger partial charge in [0.25, 0.3) is 5.56 Å². The predicted octanol–water partition coefficient (Wildman–Crippen LogP) is 3.32. The molecule has 3 aromatic rings. The lowest BCUT2D eigenvalue weighted by Gasteiger charge is -2.09. The topological polar surface area (TPSA) is 79.0 Å². The van der Waals surface area contributed by atoms with E-state index in [9.17, 15) is 13.2 Å². The van der Waals surface area contributed by atoms with E-state index >= 15 is 0 Å². The Labute approximate surface area is 157 Å². The third-order valence-electron chi connectivity index (χ3n) is 4.18. The Morgan fingerprint density at radius 3 is 2.62 bits per heavy atom. The molecule has 1 heterocycles. The Balaban J connectivity index is 1.80. The van der Waals surface area contributed by atoms with Crippen molar-refractivity contribution in [2.24, 2.45) is 0 Å². The van der Waals surface area contributed by atoms with Crippen LogP contribution in [-0.2, 0) is 16.4 Å². The van der Waals surface area contributed by atoms with Gasteiger partial charge in [0.15, 0.2) is 0 Å². The van der Waals surface area contributed by atoms with Gasteiger partial charge in [-0.1, -0.05) is 23.7 Å². The van der Waals surface area contributed by atoms with Crippen LogP contribution < -0.4 is 10.3 Å². The van der Waals surface area contributed by atoms with Crippen LogP contribution in [0.5, 0.6) is 0 Å². The summed E-state index contributed by atoms with van der Waals surface area (Å²) in [6.45, 7) is 4.08. The van der Waals surface area contributed by atoms with Gasteiger partial charge < -0.3 is 4.98 Å². The third kappa shape index (κ3) is 3.98. The average molecular weight is 391 g/mol. The van der Waals surface area contributed by atoms with Gasteiger partial charge in [-0.3, -0.25) is 4.79 Å². The van der Waals surface area contributed by atoms with E-state index in [-0.39, 0.29) is 17.0 Å². The van der Waals surface area contributed by atoms with Crippen LogP contribution in [0.25, 0.3) is 10.9 Å². The molecule has 0 aliphatic carbocycles. The van der Waals surface area contributed by atoms with Crippen LogP contribution in [-0.4, -0.2) is 19.9 Å². The van der Waals surface area contributed by atoms with Gasteiger partial charge >= 0.3 is 0 Å². The maximum absolute atomic E-state index is 12.3. The van der Waals surface area contributed by atoms with Crippen LogP contribution in [0.1, 0.15) is 16.7 Å². The Kier molecular flexibility index (Phi) is 5.18. The molecule has 136 valence electrons. The van der Waals surface area contributed by atoms with Gasteiger partial charge in [-0.05, 0) is 61.7 Å². The maximum atomic E-state index is 12.3. The first-order valence-corrected chi connectivity index (χ1v) is 10.0. The fraction of sp³-hybridized carbons (Fsp3) is 0.211. The molecule has 5 nitrogen and oxygen atoms in total. The Morgan fingerprint density at radius 1 is 1.12 bits per heavy atom. The highest BCUT2D eigenvalue weighted by Gasteiger charge is 2.14. The van der Waals surface area contributed by atoms with Crippen molar-refractivity contribution in [2.45, 2.75) is 25.2 Å². The van der Waals surface area contributed by atoms with E-state index in [0.717, 1.165) is 22.0 Å². The quantitative estimate of drug-likeness (QED) is 0.701. The fourth-order valence-corrected chi connectivity index (χ4v) is 4.27. The van der Waals surface area contributed by atoms with Crippen molar-refractivity contribution in [1.29, 1.82) is 0 Å². The first-order valence-electron chi connectivity index (χ1n) is 8.15. The van der Waals surface area contributed by atoms with Gasteiger partial charge in [0, 0.05) is 28.0 Å². The molecule has 26 heavy (non-hydrogen) atoms. The maximum Gasteiger partial charge on any atom is 0.251 e. The largest absolute Gasteiger partial charge is 0.322 e. The molecule has 7 heteroatoms. The van der Waals surface area contributed by atoms with Crippen LogP contribution in [0.3, 0.4) is 0 Å². The SMILES string of the molecule is Cc1cc(C)c2cc(CCNS(=O)(=O)c3cccc(Cl)c3)c(=O)[nH]c2c1. The minimum Gasteiger partial charge on any atom is -0.322 e. The lowest BCUT2D eigenvalue weighted by Crippen LogP contribution is -2.27. The summed E-state index contributed by atoms with van der Waals surface area (Å²) in [5.74, 6) is 0. The normalized spacial score (nSPS) is 11.8. The zero-order valence-electron chi connectivity index (χ0n) is 14.5. The molecule has 0 saturated carbocycles. The summed E-state index contributed by atoms with van der Waals surface area (Å²) in [5, 5.41) is 1.31. The molecule has 3 rings (SSSR count). The molecule has 0 bridgehead atoms. The van der Waals surface area contributed by atoms with Gasteiger partial charge in [0.05, 0.1) is 4.90 Å². The molecule has 0 fully saturated rings. The van der Waals surface area contributed by atoms with Crippen molar-refractivity contribution in [3.8, 4) is 0 Å². The number of aromatic amines is 1. The number of hydrogen-bond donors (Lipinski definition) is 2. The molecule has 0 aliphatic rings. The van der Waals surface area contributed by atoms with Crippen molar-refractivity contribution in [1.82, 2.24) is 9.71 Å². The van der Waals surface area contributed by atoms with E-state index in [1.54, 1.807) is 12.1 Å². The number of H-pyrrole nitrogens is 1. The second-order valence-electron chi connectivity index (χ2n) is 6.27. The van der Waals surface area contributed by atoms with E-state index in [1.165, 1.54) is 12.1 Å². The van der Waals surface area contributed by atoms with E-state index in [0.29, 0.717) is 17.0 Å². The predicted molar refractivity (Wildman–Crippen MR) is 104 cm³/mol. The van der Waals surface area contributed by atoms with Gasteiger partial charge in [0.1, 0.15) is 0 Å². The highest BCUT2D eigenvalue weighted by atomic mass is 35.5. The molecule has 2 aromatic carbocycles. The third-order valence-corrected chi connectivity index (χ3v) is 5.88. The molecule has 2 N–H and O–H groups in total. The highest BCUT2D eigenvalue weighted by Crippen LogP contribution is 2.19. The molecule has 0 spiro atoms. The van der Waals surface area contributed by atoms with Crippen molar-refractivity contribution >= 4 is 32.5 Å². The van der Waals surface area contributed by atoms with Crippen LogP contribution in [0.4, 0.5) is 0 Å². The van der Waals surface area contributed by atoms with E-state index in [4.69, 9.17) is 11.6 Å². The minimum atomic E-state index is -3.67. The number of pyridine rings is 1. The standard InChI is InChI=1S/C19H19ClN2O3S/c1-12-8-13(2)17-10-14(19(23)22-18(17)9-12)6-7-21-26(24,25)16-5-3-4-15(20)11-16/h3-5,8-11,21H,6-7H2,1-2H3,(H,22,23). The number of aryl methyl sites for hydroxylation is 2. The Morgan fingerprint density at radius 2 is 1.88 bits per heavy atom. The number of rotatable bonds is 5. The lowest BCUT2D eigenvalue weighted by atomic mass is 10.0. The summed E-state index contributed by atoms with van der Waals surface area (Å²) < 4.78 is 27.1. The zero-order valence-corrected chi connectivity index (χ0v) is 16.0. The van der Waals surface area contributed by atoms with Crippen molar-refractivity contribution < 1.29 is 8.42 Å². The van der Waals surface area contributed by atoms with Crippen LogP contribution in [0, 0.1) is 13.8 Å². The summed E-state index contributed by atoms with van der Waals surface area (Å²) in [6, 6.07) is 11.9. The smallest absolute Gasteiger partial charge is 0.251 e. The Hall–Kier alpha value is -2.15. The first kappa shape index (κ1) is 18.6. The number of hydrogen-bond acceptors (Lipinski definition) is 3. The van der Waals surface area contributed by atoms with Crippen molar-refractivity contribution in [3.63, 3.8) is 0 Å². The molecule has 0 amide bonds. The first-order chi connectivity index (χ1) is 12.3. The van der Waals surface area contributed by atoms with Gasteiger partial charge in [-0.25, -0.2) is 13.1 Å². The summed E-state index contributed by atoms with van der Waals surface area (Å²) in [7, 11) is -3.67. The zero-order chi connectivity index (χ0) is 18.9. The number of aromatic nitrogens is 1. The molecule has 0 radical (unpaired) electrons. The summed E-state index contributed by atoms with van der Waals surface area (Å²) >= 11 is 5.85. The van der Waals surface area contributed by atoms with Crippen LogP contribution in [0.15, 0.2) is 52.2 Å². The minimum absolute atomic E-state index is 0.101. The van der Waals surface area contributed by atoms with Gasteiger partial charge in [-0.2, -0.15) is 0 Å².